The molecule has 4 nitrogen and oxygen atoms in total. The number of rotatable bonds is 4. The highest BCUT2D eigenvalue weighted by Crippen LogP contribution is 2.56. The second-order valence-electron chi connectivity index (χ2n) is 15.3. The standard InChI is InChI=1S/C49H38N4/c1-48(2)41-30-43-40(29-39(41)38-27-26-31-16-11-12-23-36(31)44(38)49(48,3)4)37-24-13-14-25-42(37)53(43)35-22-15-21-34(28-35)47-51-45(32-17-7-5-8-18-32)50-46(52-47)33-19-9-6-10-20-33/h5-30H,1-4H3. The van der Waals surface area contributed by atoms with Crippen molar-refractivity contribution in [1.29, 1.82) is 0 Å². The van der Waals surface area contributed by atoms with Crippen molar-refractivity contribution in [2.24, 2.45) is 0 Å². The number of aromatic nitrogens is 4. The lowest BCUT2D eigenvalue weighted by Gasteiger charge is -2.49. The van der Waals surface area contributed by atoms with Gasteiger partial charge < -0.3 is 4.57 Å². The molecule has 9 aromatic rings. The van der Waals surface area contributed by atoms with Crippen LogP contribution in [0, 0.1) is 0 Å². The van der Waals surface area contributed by atoms with E-state index in [0.29, 0.717) is 17.5 Å². The lowest BCUT2D eigenvalue weighted by molar-refractivity contribution is 0.301. The number of nitrogens with zero attached hydrogens (tertiary/aromatic N) is 4. The highest BCUT2D eigenvalue weighted by atomic mass is 15.0. The van der Waals surface area contributed by atoms with Crippen molar-refractivity contribution in [3.8, 4) is 51.0 Å². The average molecular weight is 683 g/mol. The zero-order chi connectivity index (χ0) is 35.9. The molecule has 0 aliphatic heterocycles. The van der Waals surface area contributed by atoms with E-state index in [1.807, 2.05) is 60.7 Å². The number of benzene rings is 7. The highest BCUT2D eigenvalue weighted by molar-refractivity contribution is 6.12. The first kappa shape index (κ1) is 31.4. The van der Waals surface area contributed by atoms with Crippen LogP contribution in [-0.4, -0.2) is 19.5 Å². The molecule has 254 valence electrons. The van der Waals surface area contributed by atoms with Crippen LogP contribution in [0.4, 0.5) is 0 Å². The van der Waals surface area contributed by atoms with Gasteiger partial charge in [0.25, 0.3) is 0 Å². The van der Waals surface area contributed by atoms with Crippen LogP contribution in [0.2, 0.25) is 0 Å². The maximum Gasteiger partial charge on any atom is 0.164 e. The highest BCUT2D eigenvalue weighted by Gasteiger charge is 2.47. The Bertz CT molecular complexity index is 2820. The van der Waals surface area contributed by atoms with Gasteiger partial charge in [-0.25, -0.2) is 15.0 Å². The summed E-state index contributed by atoms with van der Waals surface area (Å²) in [5.74, 6) is 1.95. The maximum absolute atomic E-state index is 5.05. The Morgan fingerprint density at radius 1 is 0.415 bits per heavy atom. The summed E-state index contributed by atoms with van der Waals surface area (Å²) >= 11 is 0. The maximum atomic E-state index is 5.05. The van der Waals surface area contributed by atoms with Crippen molar-refractivity contribution in [2.45, 2.75) is 38.5 Å². The topological polar surface area (TPSA) is 43.6 Å². The van der Waals surface area contributed by atoms with E-state index in [-0.39, 0.29) is 10.8 Å². The quantitative estimate of drug-likeness (QED) is 0.186. The van der Waals surface area contributed by atoms with Gasteiger partial charge in [-0.15, -0.1) is 0 Å². The van der Waals surface area contributed by atoms with Crippen LogP contribution in [0.25, 0.3) is 83.6 Å². The fourth-order valence-corrected chi connectivity index (χ4v) is 8.57. The SMILES string of the molecule is CC1(C)c2cc3c(cc2-c2ccc4ccccc4c2C1(C)C)c1ccccc1n3-c1cccc(-c2nc(-c3ccccc3)nc(-c3ccccc3)n2)c1. The Labute approximate surface area is 309 Å². The Balaban J connectivity index is 1.20. The van der Waals surface area contributed by atoms with Crippen LogP contribution in [0.3, 0.4) is 0 Å². The van der Waals surface area contributed by atoms with E-state index in [0.717, 1.165) is 22.4 Å². The zero-order valence-electron chi connectivity index (χ0n) is 30.3. The lowest BCUT2D eigenvalue weighted by atomic mass is 9.54. The molecule has 53 heavy (non-hydrogen) atoms. The van der Waals surface area contributed by atoms with Crippen LogP contribution in [0.1, 0.15) is 38.8 Å². The van der Waals surface area contributed by atoms with Gasteiger partial charge in [-0.1, -0.05) is 155 Å². The fraction of sp³-hybridized carbons (Fsp3) is 0.122. The second-order valence-corrected chi connectivity index (χ2v) is 15.3. The van der Waals surface area contributed by atoms with Crippen LogP contribution < -0.4 is 0 Å². The summed E-state index contributed by atoms with van der Waals surface area (Å²) in [5.41, 5.74) is 11.5. The molecule has 0 amide bonds. The Morgan fingerprint density at radius 2 is 1.00 bits per heavy atom. The predicted molar refractivity (Wildman–Crippen MR) is 219 cm³/mol. The molecule has 0 unspecified atom stereocenters. The number of fused-ring (bicyclic) bond motifs is 8. The molecule has 0 atom stereocenters. The van der Waals surface area contributed by atoms with Gasteiger partial charge in [0.15, 0.2) is 17.5 Å². The molecule has 0 spiro atoms. The summed E-state index contributed by atoms with van der Waals surface area (Å²) in [4.78, 5) is 15.0. The van der Waals surface area contributed by atoms with Gasteiger partial charge >= 0.3 is 0 Å². The molecule has 0 radical (unpaired) electrons. The van der Waals surface area contributed by atoms with Crippen molar-refractivity contribution in [3.05, 3.63) is 169 Å². The first-order chi connectivity index (χ1) is 25.8. The van der Waals surface area contributed by atoms with E-state index < -0.39 is 0 Å². The van der Waals surface area contributed by atoms with Gasteiger partial charge in [0.2, 0.25) is 0 Å². The molecule has 0 N–H and O–H groups in total. The molecular formula is C49H38N4. The second kappa shape index (κ2) is 11.6. The van der Waals surface area contributed by atoms with E-state index >= 15 is 0 Å². The number of hydrogen-bond acceptors (Lipinski definition) is 3. The van der Waals surface area contributed by atoms with E-state index in [1.165, 1.54) is 54.8 Å². The molecular weight excluding hydrogens is 645 g/mol. The van der Waals surface area contributed by atoms with Crippen LogP contribution in [-0.2, 0) is 10.8 Å². The molecule has 2 heterocycles. The first-order valence-corrected chi connectivity index (χ1v) is 18.4. The minimum absolute atomic E-state index is 0.119. The van der Waals surface area contributed by atoms with E-state index in [9.17, 15) is 0 Å². The molecule has 1 aliphatic carbocycles. The molecule has 0 bridgehead atoms. The summed E-state index contributed by atoms with van der Waals surface area (Å²) in [6, 6.07) is 56.1. The van der Waals surface area contributed by atoms with Crippen molar-refractivity contribution < 1.29 is 0 Å². The predicted octanol–water partition coefficient (Wildman–Crippen LogP) is 12.4. The molecule has 0 saturated carbocycles. The van der Waals surface area contributed by atoms with Crippen LogP contribution in [0.15, 0.2) is 158 Å². The largest absolute Gasteiger partial charge is 0.309 e. The van der Waals surface area contributed by atoms with E-state index in [2.05, 4.69) is 129 Å². The first-order valence-electron chi connectivity index (χ1n) is 18.4. The Kier molecular flexibility index (Phi) is 6.84. The fourth-order valence-electron chi connectivity index (χ4n) is 8.57. The molecule has 7 aromatic carbocycles. The minimum atomic E-state index is -0.149. The van der Waals surface area contributed by atoms with Crippen molar-refractivity contribution in [2.75, 3.05) is 0 Å². The summed E-state index contributed by atoms with van der Waals surface area (Å²) in [6.45, 7) is 9.69. The third-order valence-electron chi connectivity index (χ3n) is 12.0. The van der Waals surface area contributed by atoms with Gasteiger partial charge in [-0.2, -0.15) is 0 Å². The molecule has 0 fully saturated rings. The molecule has 4 heteroatoms. The molecule has 1 aliphatic rings. The smallest absolute Gasteiger partial charge is 0.164 e. The summed E-state index contributed by atoms with van der Waals surface area (Å²) in [6.07, 6.45) is 0. The van der Waals surface area contributed by atoms with Gasteiger partial charge in [0, 0.05) is 38.6 Å². The van der Waals surface area contributed by atoms with Gasteiger partial charge in [0.1, 0.15) is 0 Å². The monoisotopic (exact) mass is 682 g/mol. The van der Waals surface area contributed by atoms with Crippen molar-refractivity contribution >= 4 is 32.6 Å². The Morgan fingerprint density at radius 3 is 1.70 bits per heavy atom. The third-order valence-corrected chi connectivity index (χ3v) is 12.0. The zero-order valence-corrected chi connectivity index (χ0v) is 30.3. The summed E-state index contributed by atoms with van der Waals surface area (Å²) < 4.78 is 2.42. The lowest BCUT2D eigenvalue weighted by Crippen LogP contribution is -2.43. The van der Waals surface area contributed by atoms with E-state index in [1.54, 1.807) is 0 Å². The van der Waals surface area contributed by atoms with Crippen molar-refractivity contribution in [3.63, 3.8) is 0 Å². The van der Waals surface area contributed by atoms with Gasteiger partial charge in [-0.05, 0) is 68.8 Å². The van der Waals surface area contributed by atoms with Gasteiger partial charge in [0.05, 0.1) is 11.0 Å². The van der Waals surface area contributed by atoms with Crippen molar-refractivity contribution in [1.82, 2.24) is 19.5 Å². The normalized spacial score (nSPS) is 14.3. The van der Waals surface area contributed by atoms with Gasteiger partial charge in [-0.3, -0.25) is 0 Å². The third kappa shape index (κ3) is 4.72. The van der Waals surface area contributed by atoms with Crippen LogP contribution >= 0.6 is 0 Å². The number of hydrogen-bond donors (Lipinski definition) is 0. The molecule has 10 rings (SSSR count). The number of para-hydroxylation sites is 1. The summed E-state index contributed by atoms with van der Waals surface area (Å²) in [5, 5.41) is 5.12. The van der Waals surface area contributed by atoms with E-state index in [4.69, 9.17) is 15.0 Å². The molecule has 2 aromatic heterocycles. The molecule has 0 saturated heterocycles. The average Bonchev–Trinajstić information content (AvgIpc) is 3.53. The van der Waals surface area contributed by atoms with Crippen LogP contribution in [0.5, 0.6) is 0 Å². The Hall–Kier alpha value is -6.39. The minimum Gasteiger partial charge on any atom is -0.309 e. The summed E-state index contributed by atoms with van der Waals surface area (Å²) in [7, 11) is 0.